The zero-order chi connectivity index (χ0) is 12.4. The van der Waals surface area contributed by atoms with Crippen molar-refractivity contribution in [3.05, 3.63) is 24.3 Å². The highest BCUT2D eigenvalue weighted by molar-refractivity contribution is 8.14. The second kappa shape index (κ2) is 5.17. The summed E-state index contributed by atoms with van der Waals surface area (Å²) in [6.07, 6.45) is 7.35. The Morgan fingerprint density at radius 3 is 2.94 bits per heavy atom. The number of anilines is 1. The molecule has 0 bridgehead atoms. The first-order valence-corrected chi connectivity index (χ1v) is 8.64. The second-order valence-electron chi connectivity index (χ2n) is 4.99. The van der Waals surface area contributed by atoms with E-state index >= 15 is 0 Å². The average molecular weight is 278 g/mol. The SMILES string of the molecule is CSc1cccc(NC2=NC3(CCCC3)CS2)c1. The van der Waals surface area contributed by atoms with Crippen LogP contribution in [0.2, 0.25) is 0 Å². The summed E-state index contributed by atoms with van der Waals surface area (Å²) in [5.41, 5.74) is 1.42. The van der Waals surface area contributed by atoms with E-state index in [9.17, 15) is 0 Å². The Hall–Kier alpha value is -0.610. The number of benzene rings is 1. The highest BCUT2D eigenvalue weighted by Gasteiger charge is 2.38. The Bertz CT molecular complexity index is 465. The fraction of sp³-hybridized carbons (Fsp3) is 0.500. The number of rotatable bonds is 2. The first-order chi connectivity index (χ1) is 8.80. The van der Waals surface area contributed by atoms with Crippen molar-refractivity contribution in [1.29, 1.82) is 0 Å². The third kappa shape index (κ3) is 2.54. The number of nitrogens with one attached hydrogen (secondary N) is 1. The van der Waals surface area contributed by atoms with E-state index in [0.717, 1.165) is 16.6 Å². The van der Waals surface area contributed by atoms with Gasteiger partial charge in [-0.2, -0.15) is 0 Å². The maximum absolute atomic E-state index is 4.93. The lowest BCUT2D eigenvalue weighted by atomic mass is 10.0. The van der Waals surface area contributed by atoms with Crippen LogP contribution < -0.4 is 5.32 Å². The fourth-order valence-corrected chi connectivity index (χ4v) is 4.33. The maximum Gasteiger partial charge on any atom is 0.161 e. The third-order valence-electron chi connectivity index (χ3n) is 3.67. The maximum atomic E-state index is 4.93. The lowest BCUT2D eigenvalue weighted by molar-refractivity contribution is 0.508. The molecule has 0 radical (unpaired) electrons. The normalized spacial score (nSPS) is 21.3. The Balaban J connectivity index is 1.73. The van der Waals surface area contributed by atoms with Gasteiger partial charge in [0.2, 0.25) is 0 Å². The molecular weight excluding hydrogens is 260 g/mol. The smallest absolute Gasteiger partial charge is 0.161 e. The molecule has 1 aromatic carbocycles. The van der Waals surface area contributed by atoms with E-state index in [1.165, 1.54) is 30.6 Å². The summed E-state index contributed by atoms with van der Waals surface area (Å²) in [6, 6.07) is 8.54. The molecule has 96 valence electrons. The second-order valence-corrected chi connectivity index (χ2v) is 6.84. The lowest BCUT2D eigenvalue weighted by Gasteiger charge is -2.16. The van der Waals surface area contributed by atoms with Crippen molar-refractivity contribution < 1.29 is 0 Å². The summed E-state index contributed by atoms with van der Waals surface area (Å²) in [5, 5.41) is 4.57. The van der Waals surface area contributed by atoms with E-state index in [4.69, 9.17) is 4.99 Å². The van der Waals surface area contributed by atoms with Gasteiger partial charge in [-0.15, -0.1) is 11.8 Å². The van der Waals surface area contributed by atoms with Crippen LogP contribution in [-0.4, -0.2) is 22.7 Å². The highest BCUT2D eigenvalue weighted by Crippen LogP contribution is 2.41. The summed E-state index contributed by atoms with van der Waals surface area (Å²) in [5.74, 6) is 1.16. The van der Waals surface area contributed by atoms with Crippen LogP contribution in [0.15, 0.2) is 34.2 Å². The van der Waals surface area contributed by atoms with Crippen LogP contribution in [0, 0.1) is 0 Å². The molecule has 1 heterocycles. The molecule has 1 saturated carbocycles. The topological polar surface area (TPSA) is 24.4 Å². The number of hydrogen-bond donors (Lipinski definition) is 1. The zero-order valence-electron chi connectivity index (χ0n) is 10.6. The monoisotopic (exact) mass is 278 g/mol. The first kappa shape index (κ1) is 12.4. The first-order valence-electron chi connectivity index (χ1n) is 6.43. The van der Waals surface area contributed by atoms with Gasteiger partial charge in [-0.25, -0.2) is 0 Å². The van der Waals surface area contributed by atoms with Gasteiger partial charge in [0.15, 0.2) is 5.17 Å². The van der Waals surface area contributed by atoms with Gasteiger partial charge >= 0.3 is 0 Å². The molecular formula is C14H18N2S2. The van der Waals surface area contributed by atoms with Crippen molar-refractivity contribution >= 4 is 34.4 Å². The van der Waals surface area contributed by atoms with E-state index in [0.29, 0.717) is 0 Å². The van der Waals surface area contributed by atoms with Gasteiger partial charge in [0.25, 0.3) is 0 Å². The average Bonchev–Trinajstić information content (AvgIpc) is 3.01. The molecule has 2 aliphatic rings. The zero-order valence-corrected chi connectivity index (χ0v) is 12.2. The van der Waals surface area contributed by atoms with Crippen LogP contribution in [0.3, 0.4) is 0 Å². The Morgan fingerprint density at radius 2 is 2.17 bits per heavy atom. The molecule has 1 N–H and O–H groups in total. The predicted octanol–water partition coefficient (Wildman–Crippen LogP) is 4.24. The van der Waals surface area contributed by atoms with Crippen LogP contribution in [-0.2, 0) is 0 Å². The van der Waals surface area contributed by atoms with Crippen molar-refractivity contribution in [3.63, 3.8) is 0 Å². The minimum atomic E-state index is 0.268. The molecule has 18 heavy (non-hydrogen) atoms. The molecule has 1 aliphatic carbocycles. The molecule has 0 aromatic heterocycles. The molecule has 3 rings (SSSR count). The highest BCUT2D eigenvalue weighted by atomic mass is 32.2. The molecule has 1 fully saturated rings. The Labute approximate surface area is 117 Å². The van der Waals surface area contributed by atoms with Crippen molar-refractivity contribution in [1.82, 2.24) is 0 Å². The minimum Gasteiger partial charge on any atom is -0.335 e. The molecule has 0 saturated heterocycles. The number of nitrogens with zero attached hydrogens (tertiary/aromatic N) is 1. The number of thioether (sulfide) groups is 2. The lowest BCUT2D eigenvalue weighted by Crippen LogP contribution is -2.21. The minimum absolute atomic E-state index is 0.268. The summed E-state index contributed by atoms with van der Waals surface area (Å²) >= 11 is 3.65. The van der Waals surface area contributed by atoms with Gasteiger partial charge in [0.1, 0.15) is 0 Å². The molecule has 1 aromatic rings. The van der Waals surface area contributed by atoms with Gasteiger partial charge < -0.3 is 5.32 Å². The quantitative estimate of drug-likeness (QED) is 0.819. The number of amidine groups is 1. The fourth-order valence-electron chi connectivity index (χ4n) is 2.66. The van der Waals surface area contributed by atoms with Gasteiger partial charge in [-0.05, 0) is 37.3 Å². The van der Waals surface area contributed by atoms with Crippen molar-refractivity contribution in [2.75, 3.05) is 17.3 Å². The number of hydrogen-bond acceptors (Lipinski definition) is 4. The Kier molecular flexibility index (Phi) is 3.57. The Morgan fingerprint density at radius 1 is 1.33 bits per heavy atom. The van der Waals surface area contributed by atoms with Crippen LogP contribution in [0.25, 0.3) is 0 Å². The summed E-state index contributed by atoms with van der Waals surface area (Å²) in [6.45, 7) is 0. The molecule has 1 spiro atoms. The molecule has 0 unspecified atom stereocenters. The molecule has 0 atom stereocenters. The third-order valence-corrected chi connectivity index (χ3v) is 5.55. The summed E-state index contributed by atoms with van der Waals surface area (Å²) in [7, 11) is 0. The van der Waals surface area contributed by atoms with E-state index in [1.54, 1.807) is 11.8 Å². The van der Waals surface area contributed by atoms with E-state index in [2.05, 4.69) is 35.8 Å². The van der Waals surface area contributed by atoms with E-state index in [1.807, 2.05) is 11.8 Å². The van der Waals surface area contributed by atoms with Crippen LogP contribution in [0.4, 0.5) is 5.69 Å². The van der Waals surface area contributed by atoms with Gasteiger partial charge in [-0.3, -0.25) is 4.99 Å². The van der Waals surface area contributed by atoms with E-state index < -0.39 is 0 Å². The standard InChI is InChI=1S/C14H18N2S2/c1-17-12-6-4-5-11(9-12)15-13-16-14(10-18-13)7-2-3-8-14/h4-6,9H,2-3,7-8,10H2,1H3,(H,15,16). The summed E-state index contributed by atoms with van der Waals surface area (Å²) < 4.78 is 0. The van der Waals surface area contributed by atoms with Crippen LogP contribution in [0.5, 0.6) is 0 Å². The largest absolute Gasteiger partial charge is 0.335 e. The number of aliphatic imine (C=N–C) groups is 1. The van der Waals surface area contributed by atoms with Gasteiger partial charge in [-0.1, -0.05) is 30.7 Å². The predicted molar refractivity (Wildman–Crippen MR) is 82.9 cm³/mol. The molecule has 2 nitrogen and oxygen atoms in total. The van der Waals surface area contributed by atoms with Gasteiger partial charge in [0, 0.05) is 16.3 Å². The molecule has 0 amide bonds. The van der Waals surface area contributed by atoms with E-state index in [-0.39, 0.29) is 5.54 Å². The van der Waals surface area contributed by atoms with Crippen molar-refractivity contribution in [2.24, 2.45) is 4.99 Å². The van der Waals surface area contributed by atoms with Crippen LogP contribution >= 0.6 is 23.5 Å². The summed E-state index contributed by atoms with van der Waals surface area (Å²) in [4.78, 5) is 6.22. The van der Waals surface area contributed by atoms with Gasteiger partial charge in [0.05, 0.1) is 5.54 Å². The molecule has 4 heteroatoms. The van der Waals surface area contributed by atoms with Crippen molar-refractivity contribution in [3.8, 4) is 0 Å². The van der Waals surface area contributed by atoms with Crippen LogP contribution in [0.1, 0.15) is 25.7 Å². The molecule has 1 aliphatic heterocycles. The van der Waals surface area contributed by atoms with Crippen molar-refractivity contribution in [2.45, 2.75) is 36.1 Å².